The van der Waals surface area contributed by atoms with Crippen molar-refractivity contribution in [3.8, 4) is 0 Å². The average molecular weight is 227 g/mol. The molecule has 0 fully saturated rings. The van der Waals surface area contributed by atoms with Crippen LogP contribution in [-0.2, 0) is 11.3 Å². The number of methoxy groups -OCH3 is 1. The Morgan fingerprint density at radius 3 is 2.75 bits per heavy atom. The second-order valence-electron chi connectivity index (χ2n) is 3.71. The first kappa shape index (κ1) is 12.9. The zero-order valence-electron chi connectivity index (χ0n) is 9.74. The van der Waals surface area contributed by atoms with E-state index >= 15 is 0 Å². The van der Waals surface area contributed by atoms with Gasteiger partial charge in [-0.05, 0) is 24.1 Å². The Labute approximate surface area is 95.5 Å². The molecule has 0 amide bonds. The molecule has 1 aromatic carbocycles. The summed E-state index contributed by atoms with van der Waals surface area (Å²) in [5, 5.41) is 8.87. The van der Waals surface area contributed by atoms with E-state index in [0.717, 1.165) is 13.0 Å². The zero-order valence-corrected chi connectivity index (χ0v) is 9.74. The monoisotopic (exact) mass is 227 g/mol. The van der Waals surface area contributed by atoms with E-state index in [0.29, 0.717) is 17.9 Å². The number of hydrogen-bond donors (Lipinski definition) is 1. The van der Waals surface area contributed by atoms with E-state index in [4.69, 9.17) is 9.84 Å². The van der Waals surface area contributed by atoms with Crippen LogP contribution in [0, 0.1) is 5.82 Å². The predicted octanol–water partition coefficient (Wildman–Crippen LogP) is 1.79. The molecule has 0 unspecified atom stereocenters. The Hall–Kier alpha value is -1.13. The largest absolute Gasteiger partial charge is 0.392 e. The molecule has 0 heterocycles. The predicted molar refractivity (Wildman–Crippen MR) is 62.1 cm³/mol. The normalized spacial score (nSPS) is 10.5. The van der Waals surface area contributed by atoms with Gasteiger partial charge in [-0.15, -0.1) is 0 Å². The van der Waals surface area contributed by atoms with Crippen molar-refractivity contribution in [2.45, 2.75) is 13.0 Å². The van der Waals surface area contributed by atoms with E-state index in [2.05, 4.69) is 0 Å². The van der Waals surface area contributed by atoms with Crippen molar-refractivity contribution in [3.05, 3.63) is 29.6 Å². The molecule has 0 aromatic heterocycles. The number of hydrogen-bond acceptors (Lipinski definition) is 3. The number of benzene rings is 1. The van der Waals surface area contributed by atoms with Crippen LogP contribution in [0.2, 0.25) is 0 Å². The van der Waals surface area contributed by atoms with Crippen LogP contribution in [0.3, 0.4) is 0 Å². The Bertz CT molecular complexity index is 331. The fourth-order valence-corrected chi connectivity index (χ4v) is 1.52. The molecule has 3 nitrogen and oxygen atoms in total. The lowest BCUT2D eigenvalue weighted by atomic mass is 10.2. The minimum absolute atomic E-state index is 0.134. The summed E-state index contributed by atoms with van der Waals surface area (Å²) in [6.45, 7) is 1.27. The second-order valence-corrected chi connectivity index (χ2v) is 3.71. The van der Waals surface area contributed by atoms with E-state index < -0.39 is 0 Å². The first-order valence-corrected chi connectivity index (χ1v) is 5.28. The minimum atomic E-state index is -0.300. The van der Waals surface area contributed by atoms with Crippen molar-refractivity contribution in [2.75, 3.05) is 32.2 Å². The van der Waals surface area contributed by atoms with E-state index in [1.807, 2.05) is 11.9 Å². The highest BCUT2D eigenvalue weighted by Crippen LogP contribution is 2.19. The molecule has 4 heteroatoms. The SMILES string of the molecule is COCCCN(C)c1ccc(CO)cc1F. The lowest BCUT2D eigenvalue weighted by Gasteiger charge is -2.20. The summed E-state index contributed by atoms with van der Waals surface area (Å²) in [7, 11) is 3.49. The van der Waals surface area contributed by atoms with Gasteiger partial charge in [0.2, 0.25) is 0 Å². The number of anilines is 1. The van der Waals surface area contributed by atoms with Gasteiger partial charge in [-0.25, -0.2) is 4.39 Å². The lowest BCUT2D eigenvalue weighted by Crippen LogP contribution is -2.20. The van der Waals surface area contributed by atoms with Crippen molar-refractivity contribution in [2.24, 2.45) is 0 Å². The Balaban J connectivity index is 2.64. The van der Waals surface area contributed by atoms with Crippen LogP contribution in [-0.4, -0.2) is 32.4 Å². The van der Waals surface area contributed by atoms with Crippen molar-refractivity contribution in [1.82, 2.24) is 0 Å². The molecule has 0 saturated heterocycles. The van der Waals surface area contributed by atoms with Gasteiger partial charge in [-0.1, -0.05) is 6.07 Å². The highest BCUT2D eigenvalue weighted by molar-refractivity contribution is 5.48. The molecule has 0 bridgehead atoms. The third kappa shape index (κ3) is 3.47. The molecule has 1 N–H and O–H groups in total. The molecule has 0 aliphatic rings. The van der Waals surface area contributed by atoms with Crippen LogP contribution in [0.1, 0.15) is 12.0 Å². The van der Waals surface area contributed by atoms with Crippen LogP contribution in [0.15, 0.2) is 18.2 Å². The minimum Gasteiger partial charge on any atom is -0.392 e. The summed E-state index contributed by atoms with van der Waals surface area (Å²) in [4.78, 5) is 1.84. The summed E-state index contributed by atoms with van der Waals surface area (Å²) in [5.41, 5.74) is 1.14. The van der Waals surface area contributed by atoms with Crippen LogP contribution in [0.5, 0.6) is 0 Å². The zero-order chi connectivity index (χ0) is 12.0. The van der Waals surface area contributed by atoms with Crippen LogP contribution in [0.4, 0.5) is 10.1 Å². The summed E-state index contributed by atoms with van der Waals surface area (Å²) >= 11 is 0. The van der Waals surface area contributed by atoms with E-state index in [9.17, 15) is 4.39 Å². The molecule has 0 atom stereocenters. The smallest absolute Gasteiger partial charge is 0.146 e. The van der Waals surface area contributed by atoms with Gasteiger partial charge in [0.25, 0.3) is 0 Å². The summed E-state index contributed by atoms with van der Waals surface area (Å²) < 4.78 is 18.6. The molecule has 1 aromatic rings. The van der Waals surface area contributed by atoms with Gasteiger partial charge in [-0.3, -0.25) is 0 Å². The van der Waals surface area contributed by atoms with E-state index in [1.54, 1.807) is 19.2 Å². The molecule has 16 heavy (non-hydrogen) atoms. The fraction of sp³-hybridized carbons (Fsp3) is 0.500. The third-order valence-corrected chi connectivity index (χ3v) is 2.45. The van der Waals surface area contributed by atoms with Crippen LogP contribution < -0.4 is 4.90 Å². The van der Waals surface area contributed by atoms with Crippen LogP contribution in [0.25, 0.3) is 0 Å². The summed E-state index contributed by atoms with van der Waals surface area (Å²) in [6.07, 6.45) is 0.855. The number of aliphatic hydroxyl groups excluding tert-OH is 1. The van der Waals surface area contributed by atoms with Crippen LogP contribution >= 0.6 is 0 Å². The van der Waals surface area contributed by atoms with E-state index in [1.165, 1.54) is 6.07 Å². The number of rotatable bonds is 6. The molecular weight excluding hydrogens is 209 g/mol. The summed E-state index contributed by atoms with van der Waals surface area (Å²) in [6, 6.07) is 4.78. The van der Waals surface area contributed by atoms with Crippen molar-refractivity contribution in [3.63, 3.8) is 0 Å². The number of ether oxygens (including phenoxy) is 1. The van der Waals surface area contributed by atoms with Gasteiger partial charge in [0, 0.05) is 27.3 Å². The van der Waals surface area contributed by atoms with Gasteiger partial charge in [0.1, 0.15) is 5.82 Å². The van der Waals surface area contributed by atoms with Gasteiger partial charge in [-0.2, -0.15) is 0 Å². The Morgan fingerprint density at radius 1 is 1.44 bits per heavy atom. The molecule has 0 radical (unpaired) electrons. The first-order chi connectivity index (χ1) is 7.69. The third-order valence-electron chi connectivity index (χ3n) is 2.45. The topological polar surface area (TPSA) is 32.7 Å². The van der Waals surface area contributed by atoms with Crippen molar-refractivity contribution in [1.29, 1.82) is 0 Å². The molecule has 1 rings (SSSR count). The number of halogens is 1. The van der Waals surface area contributed by atoms with Gasteiger partial charge in [0.15, 0.2) is 0 Å². The highest BCUT2D eigenvalue weighted by atomic mass is 19.1. The summed E-state index contributed by atoms with van der Waals surface area (Å²) in [5.74, 6) is -0.300. The quantitative estimate of drug-likeness (QED) is 0.752. The van der Waals surface area contributed by atoms with Gasteiger partial charge >= 0.3 is 0 Å². The van der Waals surface area contributed by atoms with Gasteiger partial charge in [0.05, 0.1) is 12.3 Å². The molecule has 90 valence electrons. The molecule has 0 saturated carbocycles. The highest BCUT2D eigenvalue weighted by Gasteiger charge is 2.07. The lowest BCUT2D eigenvalue weighted by molar-refractivity contribution is 0.196. The number of aliphatic hydroxyl groups is 1. The Kier molecular flexibility index (Phi) is 5.22. The molecule has 0 aliphatic carbocycles. The second kappa shape index (κ2) is 6.45. The Morgan fingerprint density at radius 2 is 2.19 bits per heavy atom. The standard InChI is InChI=1S/C12H18FNO2/c1-14(6-3-7-16-2)12-5-4-10(9-15)8-11(12)13/h4-5,8,15H,3,6-7,9H2,1-2H3. The fourth-order valence-electron chi connectivity index (χ4n) is 1.52. The van der Waals surface area contributed by atoms with Crippen molar-refractivity contribution >= 4 is 5.69 Å². The molecular formula is C12H18FNO2. The number of nitrogens with zero attached hydrogens (tertiary/aromatic N) is 1. The first-order valence-electron chi connectivity index (χ1n) is 5.28. The maximum absolute atomic E-state index is 13.6. The molecule has 0 spiro atoms. The average Bonchev–Trinajstić information content (AvgIpc) is 2.29. The molecule has 0 aliphatic heterocycles. The van der Waals surface area contributed by atoms with Crippen molar-refractivity contribution < 1.29 is 14.2 Å². The maximum Gasteiger partial charge on any atom is 0.146 e. The van der Waals surface area contributed by atoms with Gasteiger partial charge < -0.3 is 14.7 Å². The maximum atomic E-state index is 13.6. The van der Waals surface area contributed by atoms with E-state index in [-0.39, 0.29) is 12.4 Å².